The maximum Gasteiger partial charge on any atom is 0.308 e. The maximum absolute atomic E-state index is 12.8. The van der Waals surface area contributed by atoms with Crippen molar-refractivity contribution in [3.63, 3.8) is 0 Å². The van der Waals surface area contributed by atoms with Gasteiger partial charge in [0.1, 0.15) is 0 Å². The second-order valence-corrected chi connectivity index (χ2v) is 7.59. The molecule has 0 unspecified atom stereocenters. The predicted molar refractivity (Wildman–Crippen MR) is 117 cm³/mol. The molecule has 0 saturated heterocycles. The monoisotopic (exact) mass is 452 g/mol. The molecule has 0 fully saturated rings. The number of ether oxygens (including phenoxy) is 2. The topological polar surface area (TPSA) is 126 Å². The third-order valence-corrected chi connectivity index (χ3v) is 5.28. The number of nitrogens with zero attached hydrogens (tertiary/aromatic N) is 4. The number of hydrogen-bond donors (Lipinski definition) is 0. The Hall–Kier alpha value is -4.12. The highest BCUT2D eigenvalue weighted by Gasteiger charge is 2.15. The minimum Gasteiger partial charge on any atom is -0.490 e. The average molecular weight is 452 g/mol. The van der Waals surface area contributed by atoms with E-state index >= 15 is 0 Å². The van der Waals surface area contributed by atoms with Crippen LogP contribution in [0.25, 0.3) is 22.4 Å². The number of nitro groups is 1. The summed E-state index contributed by atoms with van der Waals surface area (Å²) in [5.41, 5.74) is 0.669. The normalized spacial score (nSPS) is 11.6. The zero-order chi connectivity index (χ0) is 22.8. The zero-order valence-corrected chi connectivity index (χ0v) is 17.8. The highest BCUT2D eigenvalue weighted by Crippen LogP contribution is 2.29. The SMILES string of the molecule is CCOc1cc(C=c2sc3nc(-c4cccc([N+](=O)[O-])c4)nn3c2=O)ccc1OC(C)=O. The molecular weight excluding hydrogens is 436 g/mol. The number of hydrogen-bond acceptors (Lipinski definition) is 9. The molecule has 4 rings (SSSR count). The molecule has 0 bridgehead atoms. The molecule has 11 heteroatoms. The number of benzene rings is 2. The Balaban J connectivity index is 1.72. The number of carbonyl (C=O) groups is 1. The average Bonchev–Trinajstić information content (AvgIpc) is 3.29. The van der Waals surface area contributed by atoms with Crippen LogP contribution in [0.1, 0.15) is 19.4 Å². The molecule has 0 aliphatic carbocycles. The van der Waals surface area contributed by atoms with Crippen molar-refractivity contribution in [1.29, 1.82) is 0 Å². The number of nitro benzene ring substituents is 1. The Labute approximate surface area is 184 Å². The molecule has 2 aromatic heterocycles. The fourth-order valence-corrected chi connectivity index (χ4v) is 3.90. The van der Waals surface area contributed by atoms with Gasteiger partial charge in [0.05, 0.1) is 16.1 Å². The summed E-state index contributed by atoms with van der Waals surface area (Å²) in [5, 5.41) is 15.2. The van der Waals surface area contributed by atoms with Crippen LogP contribution < -0.4 is 19.6 Å². The number of carbonyl (C=O) groups excluding carboxylic acids is 1. The molecule has 10 nitrogen and oxygen atoms in total. The lowest BCUT2D eigenvalue weighted by Gasteiger charge is -2.10. The van der Waals surface area contributed by atoms with Crippen LogP contribution in [0.3, 0.4) is 0 Å². The summed E-state index contributed by atoms with van der Waals surface area (Å²) in [5.74, 6) is 0.446. The summed E-state index contributed by atoms with van der Waals surface area (Å²) in [6.07, 6.45) is 1.66. The van der Waals surface area contributed by atoms with E-state index < -0.39 is 10.9 Å². The summed E-state index contributed by atoms with van der Waals surface area (Å²) in [7, 11) is 0. The molecule has 2 aromatic carbocycles. The van der Waals surface area contributed by atoms with Gasteiger partial charge < -0.3 is 9.47 Å². The molecule has 0 aliphatic heterocycles. The maximum atomic E-state index is 12.8. The number of esters is 1. The van der Waals surface area contributed by atoms with Crippen molar-refractivity contribution < 1.29 is 19.2 Å². The van der Waals surface area contributed by atoms with E-state index in [0.717, 1.165) is 11.3 Å². The quantitative estimate of drug-likeness (QED) is 0.189. The van der Waals surface area contributed by atoms with Crippen molar-refractivity contribution in [2.45, 2.75) is 13.8 Å². The zero-order valence-electron chi connectivity index (χ0n) is 17.0. The van der Waals surface area contributed by atoms with E-state index in [0.29, 0.717) is 38.7 Å². The first kappa shape index (κ1) is 21.1. The lowest BCUT2D eigenvalue weighted by molar-refractivity contribution is -0.384. The van der Waals surface area contributed by atoms with Crippen LogP contribution in [0.2, 0.25) is 0 Å². The number of non-ortho nitro benzene ring substituents is 1. The van der Waals surface area contributed by atoms with Crippen LogP contribution in [0.4, 0.5) is 5.69 Å². The molecule has 0 spiro atoms. The highest BCUT2D eigenvalue weighted by atomic mass is 32.1. The van der Waals surface area contributed by atoms with Gasteiger partial charge in [0.2, 0.25) is 4.96 Å². The molecule has 0 N–H and O–H groups in total. The van der Waals surface area contributed by atoms with E-state index in [1.165, 1.54) is 29.6 Å². The summed E-state index contributed by atoms with van der Waals surface area (Å²) in [6, 6.07) is 10.9. The van der Waals surface area contributed by atoms with Crippen molar-refractivity contribution in [2.75, 3.05) is 6.61 Å². The molecule has 0 atom stereocenters. The molecule has 162 valence electrons. The van der Waals surface area contributed by atoms with E-state index in [2.05, 4.69) is 10.1 Å². The van der Waals surface area contributed by atoms with Gasteiger partial charge in [0, 0.05) is 24.6 Å². The Morgan fingerprint density at radius 2 is 2.06 bits per heavy atom. The fourth-order valence-electron chi connectivity index (χ4n) is 2.99. The van der Waals surface area contributed by atoms with Gasteiger partial charge in [-0.05, 0) is 30.7 Å². The Morgan fingerprint density at radius 3 is 2.75 bits per heavy atom. The first-order valence-corrected chi connectivity index (χ1v) is 10.3. The van der Waals surface area contributed by atoms with Crippen LogP contribution in [0.5, 0.6) is 11.5 Å². The Kier molecular flexibility index (Phi) is 5.65. The number of fused-ring (bicyclic) bond motifs is 1. The molecule has 0 amide bonds. The Morgan fingerprint density at radius 1 is 1.25 bits per heavy atom. The fraction of sp³-hybridized carbons (Fsp3) is 0.143. The largest absolute Gasteiger partial charge is 0.490 e. The van der Waals surface area contributed by atoms with E-state index in [-0.39, 0.29) is 17.1 Å². The molecule has 2 heterocycles. The lowest BCUT2D eigenvalue weighted by Crippen LogP contribution is -2.23. The van der Waals surface area contributed by atoms with Gasteiger partial charge in [-0.2, -0.15) is 9.50 Å². The molecule has 4 aromatic rings. The van der Waals surface area contributed by atoms with Crippen molar-refractivity contribution in [1.82, 2.24) is 14.6 Å². The van der Waals surface area contributed by atoms with E-state index in [4.69, 9.17) is 9.47 Å². The second kappa shape index (κ2) is 8.55. The molecular formula is C21H16N4O6S. The molecule has 0 radical (unpaired) electrons. The summed E-state index contributed by atoms with van der Waals surface area (Å²) >= 11 is 1.14. The van der Waals surface area contributed by atoms with Crippen LogP contribution in [0, 0.1) is 10.1 Å². The van der Waals surface area contributed by atoms with Gasteiger partial charge in [-0.25, -0.2) is 0 Å². The Bertz CT molecular complexity index is 1460. The summed E-state index contributed by atoms with van der Waals surface area (Å²) in [4.78, 5) is 39.3. The minimum atomic E-state index is -0.503. The third-order valence-electron chi connectivity index (χ3n) is 4.32. The van der Waals surface area contributed by atoms with E-state index in [1.807, 2.05) is 6.92 Å². The molecule has 0 saturated carbocycles. The smallest absolute Gasteiger partial charge is 0.308 e. The van der Waals surface area contributed by atoms with Crippen molar-refractivity contribution in [3.05, 3.63) is 73.0 Å². The second-order valence-electron chi connectivity index (χ2n) is 6.59. The van der Waals surface area contributed by atoms with Crippen LogP contribution >= 0.6 is 11.3 Å². The predicted octanol–water partition coefficient (Wildman–Crippen LogP) is 2.60. The van der Waals surface area contributed by atoms with Gasteiger partial charge in [0.15, 0.2) is 17.3 Å². The van der Waals surface area contributed by atoms with Gasteiger partial charge >= 0.3 is 5.97 Å². The van der Waals surface area contributed by atoms with Crippen molar-refractivity contribution in [3.8, 4) is 22.9 Å². The highest BCUT2D eigenvalue weighted by molar-refractivity contribution is 7.15. The van der Waals surface area contributed by atoms with Gasteiger partial charge in [-0.1, -0.05) is 29.5 Å². The third kappa shape index (κ3) is 4.18. The number of rotatable bonds is 6. The number of thiazole rings is 1. The first-order valence-electron chi connectivity index (χ1n) is 9.47. The molecule has 32 heavy (non-hydrogen) atoms. The van der Waals surface area contributed by atoms with E-state index in [9.17, 15) is 19.7 Å². The van der Waals surface area contributed by atoms with Crippen molar-refractivity contribution >= 4 is 34.0 Å². The van der Waals surface area contributed by atoms with Crippen molar-refractivity contribution in [2.24, 2.45) is 0 Å². The summed E-state index contributed by atoms with van der Waals surface area (Å²) in [6.45, 7) is 3.49. The standard InChI is InChI=1S/C21H16N4O6S/c1-3-30-17-9-13(7-8-16(17)31-12(2)26)10-18-20(27)24-21(32-18)22-19(23-24)14-5-4-6-15(11-14)25(28)29/h4-11H,3H2,1-2H3. The van der Waals surface area contributed by atoms with Crippen LogP contribution in [-0.2, 0) is 4.79 Å². The van der Waals surface area contributed by atoms with Crippen LogP contribution in [0.15, 0.2) is 47.3 Å². The lowest BCUT2D eigenvalue weighted by atomic mass is 10.2. The number of aromatic nitrogens is 3. The van der Waals surface area contributed by atoms with Gasteiger partial charge in [0.25, 0.3) is 11.2 Å². The first-order chi connectivity index (χ1) is 15.4. The summed E-state index contributed by atoms with van der Waals surface area (Å²) < 4.78 is 12.2. The van der Waals surface area contributed by atoms with Crippen LogP contribution in [-0.4, -0.2) is 32.1 Å². The van der Waals surface area contributed by atoms with Gasteiger partial charge in [-0.15, -0.1) is 5.10 Å². The minimum absolute atomic E-state index is 0.0840. The molecule has 0 aliphatic rings. The van der Waals surface area contributed by atoms with Gasteiger partial charge in [-0.3, -0.25) is 19.7 Å². The van der Waals surface area contributed by atoms with E-state index in [1.54, 1.807) is 30.3 Å².